The number of fused-ring (bicyclic) bond motifs is 2. The van der Waals surface area contributed by atoms with E-state index in [1.807, 2.05) is 31.4 Å². The monoisotopic (exact) mass is 452 g/mol. The Hall–Kier alpha value is -3.04. The van der Waals surface area contributed by atoms with Crippen molar-refractivity contribution in [2.24, 2.45) is 0 Å². The first kappa shape index (κ1) is 19.9. The van der Waals surface area contributed by atoms with Crippen molar-refractivity contribution in [3.8, 4) is 17.0 Å². The molecule has 3 aromatic heterocycles. The molecular formula is C22H20N4O3S2. The molecule has 0 atom stereocenters. The van der Waals surface area contributed by atoms with Gasteiger partial charge in [0.25, 0.3) is 5.56 Å². The van der Waals surface area contributed by atoms with Crippen LogP contribution >= 0.6 is 22.7 Å². The number of aromatic nitrogens is 3. The van der Waals surface area contributed by atoms with Crippen molar-refractivity contribution in [3.05, 3.63) is 56.3 Å². The maximum absolute atomic E-state index is 12.8. The summed E-state index contributed by atoms with van der Waals surface area (Å²) in [7, 11) is 0. The number of hydrogen-bond acceptors (Lipinski definition) is 7. The van der Waals surface area contributed by atoms with Crippen molar-refractivity contribution in [2.45, 2.75) is 33.2 Å². The first-order valence-electron chi connectivity index (χ1n) is 9.96. The molecule has 0 spiro atoms. The van der Waals surface area contributed by atoms with Crippen molar-refractivity contribution < 1.29 is 9.53 Å². The van der Waals surface area contributed by atoms with Gasteiger partial charge < -0.3 is 10.1 Å². The number of nitrogens with zero attached hydrogens (tertiary/aromatic N) is 3. The Kier molecular flexibility index (Phi) is 5.07. The van der Waals surface area contributed by atoms with Gasteiger partial charge in [-0.2, -0.15) is 0 Å². The minimum absolute atomic E-state index is 0.100. The normalized spacial score (nSPS) is 12.7. The second kappa shape index (κ2) is 7.90. The molecule has 1 aliphatic rings. The molecule has 7 nitrogen and oxygen atoms in total. The zero-order valence-electron chi connectivity index (χ0n) is 17.1. The third kappa shape index (κ3) is 3.75. The summed E-state index contributed by atoms with van der Waals surface area (Å²) in [5, 5.41) is 5.96. The van der Waals surface area contributed by atoms with E-state index in [0.29, 0.717) is 17.1 Å². The highest BCUT2D eigenvalue weighted by Gasteiger charge is 2.15. The maximum atomic E-state index is 12.8. The molecule has 1 aromatic carbocycles. The third-order valence-corrected chi connectivity index (χ3v) is 7.34. The molecule has 0 saturated heterocycles. The van der Waals surface area contributed by atoms with Crippen molar-refractivity contribution in [2.75, 3.05) is 11.9 Å². The van der Waals surface area contributed by atoms with E-state index in [1.54, 1.807) is 0 Å². The Morgan fingerprint density at radius 2 is 2.19 bits per heavy atom. The van der Waals surface area contributed by atoms with Gasteiger partial charge in [-0.1, -0.05) is 0 Å². The second-order valence-corrected chi connectivity index (χ2v) is 9.52. The number of nitrogens with one attached hydrogen (secondary N) is 1. The van der Waals surface area contributed by atoms with E-state index in [0.717, 1.165) is 38.7 Å². The fourth-order valence-corrected chi connectivity index (χ4v) is 5.37. The van der Waals surface area contributed by atoms with Gasteiger partial charge in [0.2, 0.25) is 5.91 Å². The summed E-state index contributed by atoms with van der Waals surface area (Å²) in [6.07, 6.45) is 2.59. The van der Waals surface area contributed by atoms with Crippen molar-refractivity contribution >= 4 is 43.9 Å². The zero-order valence-corrected chi connectivity index (χ0v) is 18.7. The Labute approximate surface area is 186 Å². The summed E-state index contributed by atoms with van der Waals surface area (Å²) in [5.41, 5.74) is 3.88. The molecule has 0 radical (unpaired) electrons. The number of ether oxygens (including phenoxy) is 1. The third-order valence-electron chi connectivity index (χ3n) is 5.47. The topological polar surface area (TPSA) is 86.1 Å². The standard InChI is InChI=1S/C22H20N4O3S2/c1-12-13(2)31-20-19(12)21(28)26(11-23-20)7-5-18(27)25-22-24-16(10-30-22)14-3-4-17-15(9-14)6-8-29-17/h3-4,9-11H,5-8H2,1-2H3,(H,24,25,27). The molecule has 1 amide bonds. The summed E-state index contributed by atoms with van der Waals surface area (Å²) < 4.78 is 7.05. The lowest BCUT2D eigenvalue weighted by atomic mass is 10.1. The average molecular weight is 453 g/mol. The molecule has 4 heterocycles. The highest BCUT2D eigenvalue weighted by atomic mass is 32.1. The maximum Gasteiger partial charge on any atom is 0.262 e. The number of rotatable bonds is 5. The van der Waals surface area contributed by atoms with Crippen LogP contribution in [0, 0.1) is 13.8 Å². The van der Waals surface area contributed by atoms with Gasteiger partial charge in [-0.05, 0) is 43.2 Å². The molecule has 5 rings (SSSR count). The van der Waals surface area contributed by atoms with Gasteiger partial charge in [0, 0.05) is 35.2 Å². The minimum Gasteiger partial charge on any atom is -0.493 e. The van der Waals surface area contributed by atoms with Crippen LogP contribution in [-0.4, -0.2) is 27.0 Å². The Morgan fingerprint density at radius 3 is 3.06 bits per heavy atom. The number of anilines is 1. The first-order chi connectivity index (χ1) is 15.0. The van der Waals surface area contributed by atoms with Gasteiger partial charge in [-0.3, -0.25) is 14.2 Å². The molecule has 158 valence electrons. The number of aryl methyl sites for hydroxylation is 3. The van der Waals surface area contributed by atoms with Crippen LogP contribution < -0.4 is 15.6 Å². The lowest BCUT2D eigenvalue weighted by Gasteiger charge is -2.05. The second-order valence-electron chi connectivity index (χ2n) is 7.46. The fraction of sp³-hybridized carbons (Fsp3) is 0.273. The molecule has 31 heavy (non-hydrogen) atoms. The van der Waals surface area contributed by atoms with Crippen LogP contribution in [0.3, 0.4) is 0 Å². The van der Waals surface area contributed by atoms with Gasteiger partial charge in [0.15, 0.2) is 5.13 Å². The van der Waals surface area contributed by atoms with E-state index < -0.39 is 0 Å². The van der Waals surface area contributed by atoms with E-state index in [2.05, 4.69) is 21.4 Å². The molecule has 0 bridgehead atoms. The lowest BCUT2D eigenvalue weighted by molar-refractivity contribution is -0.116. The Balaban J connectivity index is 1.26. The average Bonchev–Trinajstić information content (AvgIpc) is 3.47. The molecule has 0 saturated carbocycles. The van der Waals surface area contributed by atoms with Crippen LogP contribution in [0.1, 0.15) is 22.4 Å². The summed E-state index contributed by atoms with van der Waals surface area (Å²) >= 11 is 2.90. The molecule has 0 fully saturated rings. The van der Waals surface area contributed by atoms with E-state index in [-0.39, 0.29) is 24.4 Å². The number of hydrogen-bond donors (Lipinski definition) is 1. The van der Waals surface area contributed by atoms with Crippen molar-refractivity contribution in [1.82, 2.24) is 14.5 Å². The molecule has 4 aromatic rings. The zero-order chi connectivity index (χ0) is 21.5. The number of benzene rings is 1. The largest absolute Gasteiger partial charge is 0.493 e. The first-order valence-corrected chi connectivity index (χ1v) is 11.7. The summed E-state index contributed by atoms with van der Waals surface area (Å²) in [5.74, 6) is 0.747. The fourth-order valence-electron chi connectivity index (χ4n) is 3.64. The number of thiazole rings is 1. The predicted molar refractivity (Wildman–Crippen MR) is 123 cm³/mol. The summed E-state index contributed by atoms with van der Waals surface area (Å²) in [4.78, 5) is 35.9. The SMILES string of the molecule is Cc1sc2ncn(CCC(=O)Nc3nc(-c4ccc5c(c4)CCO5)cs3)c(=O)c2c1C. The minimum atomic E-state index is -0.187. The predicted octanol–water partition coefficient (Wildman–Crippen LogP) is 4.16. The number of carbonyl (C=O) groups excluding carboxylic acids is 1. The Bertz CT molecular complexity index is 1370. The van der Waals surface area contributed by atoms with Crippen LogP contribution in [-0.2, 0) is 17.8 Å². The molecule has 0 unspecified atom stereocenters. The van der Waals surface area contributed by atoms with E-state index in [9.17, 15) is 9.59 Å². The molecule has 0 aliphatic carbocycles. The van der Waals surface area contributed by atoms with Crippen molar-refractivity contribution in [3.63, 3.8) is 0 Å². The number of carbonyl (C=O) groups is 1. The van der Waals surface area contributed by atoms with Crippen molar-refractivity contribution in [1.29, 1.82) is 0 Å². The highest BCUT2D eigenvalue weighted by Crippen LogP contribution is 2.32. The quantitative estimate of drug-likeness (QED) is 0.491. The summed E-state index contributed by atoms with van der Waals surface area (Å²) in [6, 6.07) is 6.04. The van der Waals surface area contributed by atoms with E-state index >= 15 is 0 Å². The van der Waals surface area contributed by atoms with E-state index in [4.69, 9.17) is 4.74 Å². The summed E-state index contributed by atoms with van der Waals surface area (Å²) in [6.45, 7) is 4.90. The van der Waals surface area contributed by atoms with Crippen LogP contribution in [0.2, 0.25) is 0 Å². The number of thiophene rings is 1. The van der Waals surface area contributed by atoms with Crippen LogP contribution in [0.5, 0.6) is 5.75 Å². The van der Waals surface area contributed by atoms with Crippen LogP contribution in [0.15, 0.2) is 34.7 Å². The van der Waals surface area contributed by atoms with Crippen LogP contribution in [0.25, 0.3) is 21.5 Å². The van der Waals surface area contributed by atoms with Gasteiger partial charge >= 0.3 is 0 Å². The van der Waals surface area contributed by atoms with E-state index in [1.165, 1.54) is 39.1 Å². The Morgan fingerprint density at radius 1 is 1.32 bits per heavy atom. The molecule has 1 aliphatic heterocycles. The van der Waals surface area contributed by atoms with Crippen LogP contribution in [0.4, 0.5) is 5.13 Å². The molecular weight excluding hydrogens is 432 g/mol. The smallest absolute Gasteiger partial charge is 0.262 e. The number of amides is 1. The lowest BCUT2D eigenvalue weighted by Crippen LogP contribution is -2.23. The highest BCUT2D eigenvalue weighted by molar-refractivity contribution is 7.18. The van der Waals surface area contributed by atoms with Gasteiger partial charge in [0.1, 0.15) is 10.6 Å². The van der Waals surface area contributed by atoms with Gasteiger partial charge in [-0.25, -0.2) is 9.97 Å². The van der Waals surface area contributed by atoms with Gasteiger partial charge in [-0.15, -0.1) is 22.7 Å². The van der Waals surface area contributed by atoms with Gasteiger partial charge in [0.05, 0.1) is 24.0 Å². The molecule has 9 heteroatoms. The molecule has 1 N–H and O–H groups in total.